The van der Waals surface area contributed by atoms with Crippen LogP contribution in [0.3, 0.4) is 0 Å². The normalized spacial score (nSPS) is 16.1. The van der Waals surface area contributed by atoms with Gasteiger partial charge in [0, 0.05) is 6.04 Å². The SMILES string of the molecule is Cc1cccc(N(CC(=O)NC2CCCCC2)S(C)(=O)=O)c1C. The number of anilines is 1. The zero-order valence-electron chi connectivity index (χ0n) is 14.1. The summed E-state index contributed by atoms with van der Waals surface area (Å²) in [6.07, 6.45) is 6.56. The predicted octanol–water partition coefficient (Wildman–Crippen LogP) is 2.52. The summed E-state index contributed by atoms with van der Waals surface area (Å²) >= 11 is 0. The van der Waals surface area contributed by atoms with E-state index in [-0.39, 0.29) is 18.5 Å². The fraction of sp³-hybridized carbons (Fsp3) is 0.588. The highest BCUT2D eigenvalue weighted by Gasteiger charge is 2.24. The average molecular weight is 338 g/mol. The molecule has 1 fully saturated rings. The number of hydrogen-bond acceptors (Lipinski definition) is 3. The standard InChI is InChI=1S/C17H26N2O3S/c1-13-8-7-11-16(14(13)2)19(23(3,21)22)12-17(20)18-15-9-5-4-6-10-15/h7-8,11,15H,4-6,9-10,12H2,1-3H3,(H,18,20). The van der Waals surface area contributed by atoms with Gasteiger partial charge in [0.2, 0.25) is 15.9 Å². The molecule has 1 saturated carbocycles. The second-order valence-electron chi connectivity index (χ2n) is 6.39. The van der Waals surface area contributed by atoms with Crippen LogP contribution < -0.4 is 9.62 Å². The Morgan fingerprint density at radius 1 is 1.22 bits per heavy atom. The van der Waals surface area contributed by atoms with Crippen molar-refractivity contribution in [2.24, 2.45) is 0 Å². The molecule has 128 valence electrons. The van der Waals surface area contributed by atoms with Crippen LogP contribution >= 0.6 is 0 Å². The predicted molar refractivity (Wildman–Crippen MR) is 93.1 cm³/mol. The van der Waals surface area contributed by atoms with E-state index in [9.17, 15) is 13.2 Å². The van der Waals surface area contributed by atoms with Gasteiger partial charge in [0.1, 0.15) is 6.54 Å². The lowest BCUT2D eigenvalue weighted by Crippen LogP contribution is -2.44. The minimum Gasteiger partial charge on any atom is -0.352 e. The summed E-state index contributed by atoms with van der Waals surface area (Å²) in [7, 11) is -3.52. The smallest absolute Gasteiger partial charge is 0.240 e. The number of rotatable bonds is 5. The number of hydrogen-bond donors (Lipinski definition) is 1. The van der Waals surface area contributed by atoms with Crippen molar-refractivity contribution in [2.45, 2.75) is 52.0 Å². The van der Waals surface area contributed by atoms with E-state index >= 15 is 0 Å². The maximum Gasteiger partial charge on any atom is 0.240 e. The number of nitrogens with one attached hydrogen (secondary N) is 1. The molecule has 0 radical (unpaired) electrons. The highest BCUT2D eigenvalue weighted by atomic mass is 32.2. The topological polar surface area (TPSA) is 66.5 Å². The van der Waals surface area contributed by atoms with E-state index in [1.54, 1.807) is 6.07 Å². The van der Waals surface area contributed by atoms with E-state index in [2.05, 4.69) is 5.32 Å². The van der Waals surface area contributed by atoms with Gasteiger partial charge in [-0.05, 0) is 43.9 Å². The van der Waals surface area contributed by atoms with Crippen molar-refractivity contribution in [3.63, 3.8) is 0 Å². The monoisotopic (exact) mass is 338 g/mol. The number of nitrogens with zero attached hydrogens (tertiary/aromatic N) is 1. The van der Waals surface area contributed by atoms with Gasteiger partial charge >= 0.3 is 0 Å². The summed E-state index contributed by atoms with van der Waals surface area (Å²) in [4.78, 5) is 12.3. The molecule has 0 bridgehead atoms. The maximum atomic E-state index is 12.3. The molecule has 1 aromatic rings. The number of benzene rings is 1. The molecule has 2 rings (SSSR count). The van der Waals surface area contributed by atoms with Crippen LogP contribution in [0.2, 0.25) is 0 Å². The first-order valence-electron chi connectivity index (χ1n) is 8.12. The molecule has 0 unspecified atom stereocenters. The van der Waals surface area contributed by atoms with Gasteiger partial charge in [-0.3, -0.25) is 9.10 Å². The molecule has 0 atom stereocenters. The van der Waals surface area contributed by atoms with Crippen molar-refractivity contribution in [3.8, 4) is 0 Å². The molecule has 0 saturated heterocycles. The third kappa shape index (κ3) is 4.70. The first-order chi connectivity index (χ1) is 10.8. The van der Waals surface area contributed by atoms with Gasteiger partial charge in [0.05, 0.1) is 11.9 Å². The number of amides is 1. The van der Waals surface area contributed by atoms with Crippen LogP contribution in [0.15, 0.2) is 18.2 Å². The minimum atomic E-state index is -3.52. The number of carbonyl (C=O) groups is 1. The van der Waals surface area contributed by atoms with Crippen molar-refractivity contribution >= 4 is 21.6 Å². The number of aryl methyl sites for hydroxylation is 1. The summed E-state index contributed by atoms with van der Waals surface area (Å²) in [5, 5.41) is 2.98. The van der Waals surface area contributed by atoms with Crippen LogP contribution in [0.5, 0.6) is 0 Å². The third-order valence-corrected chi connectivity index (χ3v) is 5.63. The quantitative estimate of drug-likeness (QED) is 0.897. The summed E-state index contributed by atoms with van der Waals surface area (Å²) in [6.45, 7) is 3.64. The molecule has 1 aromatic carbocycles. The summed E-state index contributed by atoms with van der Waals surface area (Å²) in [5.41, 5.74) is 2.46. The van der Waals surface area contributed by atoms with Crippen molar-refractivity contribution in [1.82, 2.24) is 5.32 Å². The van der Waals surface area contributed by atoms with Crippen LogP contribution in [0.1, 0.15) is 43.2 Å². The van der Waals surface area contributed by atoms with E-state index in [0.717, 1.165) is 43.1 Å². The van der Waals surface area contributed by atoms with Crippen molar-refractivity contribution < 1.29 is 13.2 Å². The molecule has 1 aliphatic rings. The second-order valence-corrected chi connectivity index (χ2v) is 8.30. The molecule has 6 heteroatoms. The second kappa shape index (κ2) is 7.34. The highest BCUT2D eigenvalue weighted by molar-refractivity contribution is 7.92. The van der Waals surface area contributed by atoms with Gasteiger partial charge in [-0.15, -0.1) is 0 Å². The van der Waals surface area contributed by atoms with Crippen LogP contribution in [0, 0.1) is 13.8 Å². The van der Waals surface area contributed by atoms with Gasteiger partial charge in [0.25, 0.3) is 0 Å². The van der Waals surface area contributed by atoms with Crippen molar-refractivity contribution in [1.29, 1.82) is 0 Å². The maximum absolute atomic E-state index is 12.3. The Morgan fingerprint density at radius 2 is 1.87 bits per heavy atom. The molecule has 0 aliphatic heterocycles. The highest BCUT2D eigenvalue weighted by Crippen LogP contribution is 2.25. The summed E-state index contributed by atoms with van der Waals surface area (Å²) in [5.74, 6) is -0.233. The van der Waals surface area contributed by atoms with Crippen LogP contribution in [0.25, 0.3) is 0 Å². The summed E-state index contributed by atoms with van der Waals surface area (Å²) in [6, 6.07) is 5.67. The zero-order valence-corrected chi connectivity index (χ0v) is 14.9. The molecule has 0 spiro atoms. The Morgan fingerprint density at radius 3 is 2.48 bits per heavy atom. The van der Waals surface area contributed by atoms with Crippen LogP contribution in [0.4, 0.5) is 5.69 Å². The van der Waals surface area contributed by atoms with Crippen LogP contribution in [-0.4, -0.2) is 33.2 Å². The molecule has 1 N–H and O–H groups in total. The van der Waals surface area contributed by atoms with Crippen molar-refractivity contribution in [2.75, 3.05) is 17.1 Å². The Bertz CT molecular complexity index is 664. The fourth-order valence-corrected chi connectivity index (χ4v) is 3.94. The van der Waals surface area contributed by atoms with Gasteiger partial charge < -0.3 is 5.32 Å². The lowest BCUT2D eigenvalue weighted by Gasteiger charge is -2.27. The molecular formula is C17H26N2O3S. The average Bonchev–Trinajstić information content (AvgIpc) is 2.48. The molecule has 1 amide bonds. The molecule has 5 nitrogen and oxygen atoms in total. The molecule has 0 aromatic heterocycles. The lowest BCUT2D eigenvalue weighted by molar-refractivity contribution is -0.120. The Hall–Kier alpha value is -1.56. The van der Waals surface area contributed by atoms with Gasteiger partial charge in [0.15, 0.2) is 0 Å². The van der Waals surface area contributed by atoms with Crippen LogP contribution in [-0.2, 0) is 14.8 Å². The number of carbonyl (C=O) groups excluding carboxylic acids is 1. The lowest BCUT2D eigenvalue weighted by atomic mass is 9.95. The fourth-order valence-electron chi connectivity index (χ4n) is 3.04. The van der Waals surface area contributed by atoms with Gasteiger partial charge in [-0.2, -0.15) is 0 Å². The molecule has 0 heterocycles. The van der Waals surface area contributed by atoms with E-state index < -0.39 is 10.0 Å². The third-order valence-electron chi connectivity index (χ3n) is 4.50. The molecule has 23 heavy (non-hydrogen) atoms. The molecular weight excluding hydrogens is 312 g/mol. The zero-order chi connectivity index (χ0) is 17.0. The largest absolute Gasteiger partial charge is 0.352 e. The first-order valence-corrected chi connectivity index (χ1v) is 9.97. The first kappa shape index (κ1) is 17.8. The van der Waals surface area contributed by atoms with E-state index in [1.165, 1.54) is 10.7 Å². The summed E-state index contributed by atoms with van der Waals surface area (Å²) < 4.78 is 25.5. The number of sulfonamides is 1. The van der Waals surface area contributed by atoms with E-state index in [0.29, 0.717) is 5.69 Å². The van der Waals surface area contributed by atoms with E-state index in [1.807, 2.05) is 26.0 Å². The Balaban J connectivity index is 2.16. The van der Waals surface area contributed by atoms with E-state index in [4.69, 9.17) is 0 Å². The van der Waals surface area contributed by atoms with Gasteiger partial charge in [-0.25, -0.2) is 8.42 Å². The Kier molecular flexibility index (Phi) is 5.68. The minimum absolute atomic E-state index is 0.167. The van der Waals surface area contributed by atoms with Gasteiger partial charge in [-0.1, -0.05) is 31.4 Å². The Labute approximate surface area is 139 Å². The molecule has 1 aliphatic carbocycles. The van der Waals surface area contributed by atoms with Crippen molar-refractivity contribution in [3.05, 3.63) is 29.3 Å².